The summed E-state index contributed by atoms with van der Waals surface area (Å²) in [5, 5.41) is 0. The van der Waals surface area contributed by atoms with E-state index >= 15 is 0 Å². The van der Waals surface area contributed by atoms with Gasteiger partial charge in [-0.1, -0.05) is 18.6 Å². The Bertz CT molecular complexity index is 549. The van der Waals surface area contributed by atoms with E-state index in [0.717, 1.165) is 45.2 Å². The van der Waals surface area contributed by atoms with Crippen molar-refractivity contribution in [2.75, 3.05) is 32.4 Å². The molecule has 24 heavy (non-hydrogen) atoms. The second kappa shape index (κ2) is 8.99. The second-order valence-electron chi connectivity index (χ2n) is 7.33. The number of hydrogen-bond donors (Lipinski definition) is 0. The number of likely N-dealkylation sites (tertiary alicyclic amines) is 1. The number of piperidine rings is 1. The van der Waals surface area contributed by atoms with Crippen molar-refractivity contribution in [3.05, 3.63) is 11.6 Å². The standard InChI is InChI=1S/C18H32N2O3S/c1-16-8-12-19(13-9-16)18(21)11-15-20(24(2,22)23)14-10-17-6-4-3-5-7-17/h6,16H,3-5,7-15H2,1-2H3. The molecule has 0 radical (unpaired) electrons. The van der Waals surface area contributed by atoms with Gasteiger partial charge in [-0.3, -0.25) is 4.79 Å². The van der Waals surface area contributed by atoms with Gasteiger partial charge in [0.15, 0.2) is 0 Å². The zero-order chi connectivity index (χ0) is 17.6. The van der Waals surface area contributed by atoms with Crippen molar-refractivity contribution in [2.45, 2.75) is 58.3 Å². The van der Waals surface area contributed by atoms with Crippen LogP contribution in [-0.2, 0) is 14.8 Å². The predicted octanol–water partition coefficient (Wildman–Crippen LogP) is 2.79. The molecule has 0 atom stereocenters. The van der Waals surface area contributed by atoms with Crippen LogP contribution in [0.3, 0.4) is 0 Å². The van der Waals surface area contributed by atoms with Gasteiger partial charge in [0.2, 0.25) is 15.9 Å². The van der Waals surface area contributed by atoms with Crippen LogP contribution >= 0.6 is 0 Å². The SMILES string of the molecule is CC1CCN(C(=O)CCN(CCC2=CCCCC2)S(C)(=O)=O)CC1. The minimum Gasteiger partial charge on any atom is -0.343 e. The molecule has 1 saturated heterocycles. The van der Waals surface area contributed by atoms with Gasteiger partial charge in [0.05, 0.1) is 6.26 Å². The molecule has 0 N–H and O–H groups in total. The van der Waals surface area contributed by atoms with E-state index in [1.807, 2.05) is 4.90 Å². The van der Waals surface area contributed by atoms with Crippen LogP contribution in [0.1, 0.15) is 58.3 Å². The summed E-state index contributed by atoms with van der Waals surface area (Å²) < 4.78 is 25.5. The van der Waals surface area contributed by atoms with Gasteiger partial charge in [0, 0.05) is 32.6 Å². The number of nitrogens with zero attached hydrogens (tertiary/aromatic N) is 2. The smallest absolute Gasteiger partial charge is 0.223 e. The van der Waals surface area contributed by atoms with E-state index in [1.165, 1.54) is 29.0 Å². The Morgan fingerprint density at radius 2 is 1.96 bits per heavy atom. The van der Waals surface area contributed by atoms with E-state index in [0.29, 0.717) is 25.4 Å². The molecule has 0 spiro atoms. The first-order chi connectivity index (χ1) is 11.4. The Hall–Kier alpha value is -0.880. The van der Waals surface area contributed by atoms with Crippen molar-refractivity contribution in [1.82, 2.24) is 9.21 Å². The molecule has 0 bridgehead atoms. The van der Waals surface area contributed by atoms with E-state index < -0.39 is 10.0 Å². The van der Waals surface area contributed by atoms with Gasteiger partial charge in [0.1, 0.15) is 0 Å². The number of carbonyl (C=O) groups excluding carboxylic acids is 1. The van der Waals surface area contributed by atoms with E-state index in [4.69, 9.17) is 0 Å². The maximum atomic E-state index is 12.3. The fraction of sp³-hybridized carbons (Fsp3) is 0.833. The zero-order valence-electron chi connectivity index (χ0n) is 15.2. The van der Waals surface area contributed by atoms with E-state index in [2.05, 4.69) is 13.0 Å². The Kier molecular flexibility index (Phi) is 7.29. The molecule has 2 rings (SSSR count). The van der Waals surface area contributed by atoms with Gasteiger partial charge < -0.3 is 4.90 Å². The lowest BCUT2D eigenvalue weighted by atomic mass is 9.97. The van der Waals surface area contributed by atoms with Crippen molar-refractivity contribution in [2.24, 2.45) is 5.92 Å². The lowest BCUT2D eigenvalue weighted by molar-refractivity contribution is -0.132. The van der Waals surface area contributed by atoms with Crippen LogP contribution in [-0.4, -0.2) is 56.0 Å². The Morgan fingerprint density at radius 1 is 1.25 bits per heavy atom. The maximum Gasteiger partial charge on any atom is 0.223 e. The average molecular weight is 357 g/mol. The quantitative estimate of drug-likeness (QED) is 0.659. The van der Waals surface area contributed by atoms with Crippen LogP contribution in [0.15, 0.2) is 11.6 Å². The monoisotopic (exact) mass is 356 g/mol. The molecule has 0 unspecified atom stereocenters. The average Bonchev–Trinajstić information content (AvgIpc) is 2.55. The molecule has 1 aliphatic heterocycles. The molecule has 2 aliphatic rings. The van der Waals surface area contributed by atoms with Gasteiger partial charge in [-0.05, 0) is 50.9 Å². The molecule has 5 nitrogen and oxygen atoms in total. The van der Waals surface area contributed by atoms with Gasteiger partial charge in [-0.15, -0.1) is 0 Å². The van der Waals surface area contributed by atoms with Crippen LogP contribution in [0.25, 0.3) is 0 Å². The zero-order valence-corrected chi connectivity index (χ0v) is 16.0. The van der Waals surface area contributed by atoms with Gasteiger partial charge >= 0.3 is 0 Å². The normalized spacial score (nSPS) is 20.3. The van der Waals surface area contributed by atoms with Crippen LogP contribution in [0.5, 0.6) is 0 Å². The van der Waals surface area contributed by atoms with Crippen molar-refractivity contribution >= 4 is 15.9 Å². The van der Waals surface area contributed by atoms with Crippen molar-refractivity contribution in [3.8, 4) is 0 Å². The number of carbonyl (C=O) groups is 1. The van der Waals surface area contributed by atoms with Gasteiger partial charge in [-0.25, -0.2) is 12.7 Å². The molecule has 0 aromatic rings. The summed E-state index contributed by atoms with van der Waals surface area (Å²) in [5.41, 5.74) is 1.37. The summed E-state index contributed by atoms with van der Waals surface area (Å²) in [7, 11) is -3.27. The van der Waals surface area contributed by atoms with Crippen molar-refractivity contribution in [1.29, 1.82) is 0 Å². The molecule has 0 aromatic carbocycles. The third-order valence-corrected chi connectivity index (χ3v) is 6.55. The van der Waals surface area contributed by atoms with Crippen LogP contribution in [0.4, 0.5) is 0 Å². The lowest BCUT2D eigenvalue weighted by Gasteiger charge is -2.31. The highest BCUT2D eigenvalue weighted by molar-refractivity contribution is 7.88. The maximum absolute atomic E-state index is 12.3. The molecular formula is C18H32N2O3S. The molecule has 6 heteroatoms. The second-order valence-corrected chi connectivity index (χ2v) is 9.32. The number of allylic oxidation sites excluding steroid dienone is 1. The van der Waals surface area contributed by atoms with Crippen LogP contribution in [0, 0.1) is 5.92 Å². The summed E-state index contributed by atoms with van der Waals surface area (Å²) in [5.74, 6) is 0.776. The summed E-state index contributed by atoms with van der Waals surface area (Å²) >= 11 is 0. The first-order valence-corrected chi connectivity index (χ1v) is 11.1. The summed E-state index contributed by atoms with van der Waals surface area (Å²) in [6, 6.07) is 0. The summed E-state index contributed by atoms with van der Waals surface area (Å²) in [6.45, 7) is 4.64. The molecule has 0 aromatic heterocycles. The molecule has 138 valence electrons. The summed E-state index contributed by atoms with van der Waals surface area (Å²) in [6.07, 6.45) is 11.3. The number of hydrogen-bond acceptors (Lipinski definition) is 3. The van der Waals surface area contributed by atoms with Crippen LogP contribution in [0.2, 0.25) is 0 Å². The predicted molar refractivity (Wildman–Crippen MR) is 97.2 cm³/mol. The number of rotatable bonds is 7. The van der Waals surface area contributed by atoms with Gasteiger partial charge in [-0.2, -0.15) is 0 Å². The highest BCUT2D eigenvalue weighted by Crippen LogP contribution is 2.21. The minimum atomic E-state index is -3.27. The molecule has 1 amide bonds. The fourth-order valence-electron chi connectivity index (χ4n) is 3.48. The lowest BCUT2D eigenvalue weighted by Crippen LogP contribution is -2.40. The topological polar surface area (TPSA) is 57.7 Å². The Balaban J connectivity index is 1.82. The Morgan fingerprint density at radius 3 is 2.54 bits per heavy atom. The molecule has 1 aliphatic carbocycles. The van der Waals surface area contributed by atoms with Crippen molar-refractivity contribution < 1.29 is 13.2 Å². The number of amides is 1. The highest BCUT2D eigenvalue weighted by Gasteiger charge is 2.23. The van der Waals surface area contributed by atoms with E-state index in [9.17, 15) is 13.2 Å². The fourth-order valence-corrected chi connectivity index (χ4v) is 4.33. The first-order valence-electron chi connectivity index (χ1n) is 9.27. The molecule has 0 saturated carbocycles. The summed E-state index contributed by atoms with van der Waals surface area (Å²) in [4.78, 5) is 14.2. The van der Waals surface area contributed by atoms with Gasteiger partial charge in [0.25, 0.3) is 0 Å². The molecular weight excluding hydrogens is 324 g/mol. The number of sulfonamides is 1. The van der Waals surface area contributed by atoms with E-state index in [-0.39, 0.29) is 5.91 Å². The third kappa shape index (κ3) is 6.20. The largest absolute Gasteiger partial charge is 0.343 e. The molecule has 1 heterocycles. The Labute approximate surface area is 147 Å². The highest BCUT2D eigenvalue weighted by atomic mass is 32.2. The van der Waals surface area contributed by atoms with E-state index in [1.54, 1.807) is 0 Å². The minimum absolute atomic E-state index is 0.0902. The van der Waals surface area contributed by atoms with Crippen LogP contribution < -0.4 is 0 Å². The first kappa shape index (κ1) is 19.4. The third-order valence-electron chi connectivity index (χ3n) is 5.25. The molecule has 1 fully saturated rings. The van der Waals surface area contributed by atoms with Crippen molar-refractivity contribution in [3.63, 3.8) is 0 Å².